The molecule has 2 heteroatoms. The van der Waals surface area contributed by atoms with Gasteiger partial charge in [0.1, 0.15) is 6.33 Å². The first-order chi connectivity index (χ1) is 20.9. The second kappa shape index (κ2) is 8.95. The van der Waals surface area contributed by atoms with Crippen LogP contribution < -0.4 is 0 Å². The predicted octanol–water partition coefficient (Wildman–Crippen LogP) is 10.7. The van der Waals surface area contributed by atoms with Gasteiger partial charge in [-0.15, -0.1) is 0 Å². The first-order valence-electron chi connectivity index (χ1n) is 14.4. The zero-order chi connectivity index (χ0) is 27.6. The molecule has 0 aliphatic heterocycles. The van der Waals surface area contributed by atoms with Gasteiger partial charge in [0.05, 0.1) is 11.0 Å². The van der Waals surface area contributed by atoms with E-state index < -0.39 is 0 Å². The van der Waals surface area contributed by atoms with Gasteiger partial charge in [-0.3, -0.25) is 0 Å². The zero-order valence-electron chi connectivity index (χ0n) is 22.8. The lowest BCUT2D eigenvalue weighted by molar-refractivity contribution is 1.27. The van der Waals surface area contributed by atoms with Crippen LogP contribution in [0, 0.1) is 0 Å². The van der Waals surface area contributed by atoms with Crippen LogP contribution in [0.2, 0.25) is 0 Å². The van der Waals surface area contributed by atoms with Crippen molar-refractivity contribution in [2.45, 2.75) is 0 Å². The molecular formula is C40H24N2. The van der Waals surface area contributed by atoms with E-state index in [2.05, 4.69) is 140 Å². The molecule has 0 aliphatic rings. The maximum atomic E-state index is 4.94. The molecule has 0 radical (unpaired) electrons. The van der Waals surface area contributed by atoms with E-state index in [4.69, 9.17) is 9.97 Å². The molecule has 1 aromatic heterocycles. The standard InChI is InChI=1S/C40H24N2/c1-4-14-25(15-5-1)32-33(26-16-6-2-7-17-26)35-28-20-10-12-22-30(28)39-38-37(35)36(34(32)27-18-8-3-9-19-27)29-21-11-13-23-31(29)40(38)42-24-41-39/h1-24H. The molecule has 0 amide bonds. The van der Waals surface area contributed by atoms with Crippen molar-refractivity contribution in [3.05, 3.63) is 146 Å². The van der Waals surface area contributed by atoms with E-state index in [1.54, 1.807) is 6.33 Å². The average molecular weight is 533 g/mol. The topological polar surface area (TPSA) is 25.8 Å². The van der Waals surface area contributed by atoms with Gasteiger partial charge in [-0.25, -0.2) is 9.97 Å². The smallest absolute Gasteiger partial charge is 0.116 e. The molecule has 0 spiro atoms. The highest BCUT2D eigenvalue weighted by atomic mass is 14.8. The third-order valence-corrected chi connectivity index (χ3v) is 8.69. The normalized spacial score (nSPS) is 11.8. The summed E-state index contributed by atoms with van der Waals surface area (Å²) in [7, 11) is 0. The van der Waals surface area contributed by atoms with Crippen molar-refractivity contribution in [3.8, 4) is 33.4 Å². The molecule has 0 bridgehead atoms. The van der Waals surface area contributed by atoms with Gasteiger partial charge in [0.2, 0.25) is 0 Å². The first kappa shape index (κ1) is 23.1. The monoisotopic (exact) mass is 532 g/mol. The SMILES string of the molecule is c1ccc(-c2c(-c3ccccc3)c3c4ccccc4c4ncnc5c6ccccc6c(c2-c2ccccc2)c3c45)cc1. The van der Waals surface area contributed by atoms with E-state index in [-0.39, 0.29) is 0 Å². The minimum Gasteiger partial charge on any atom is -0.236 e. The molecule has 0 unspecified atom stereocenters. The Kier molecular flexibility index (Phi) is 4.93. The lowest BCUT2D eigenvalue weighted by Crippen LogP contribution is -2.00. The molecule has 2 nitrogen and oxygen atoms in total. The minimum atomic E-state index is 1.00. The van der Waals surface area contributed by atoms with Crippen LogP contribution in [0.25, 0.3) is 87.5 Å². The Hall–Kier alpha value is -5.60. The van der Waals surface area contributed by atoms with Crippen LogP contribution in [0.5, 0.6) is 0 Å². The Balaban J connectivity index is 1.73. The highest BCUT2D eigenvalue weighted by Crippen LogP contribution is 2.54. The van der Waals surface area contributed by atoms with Gasteiger partial charge in [0.15, 0.2) is 0 Å². The maximum Gasteiger partial charge on any atom is 0.116 e. The summed E-state index contributed by atoms with van der Waals surface area (Å²) in [5, 5.41) is 9.59. The summed E-state index contributed by atoms with van der Waals surface area (Å²) in [6.07, 6.45) is 1.73. The van der Waals surface area contributed by atoms with Gasteiger partial charge in [0, 0.05) is 21.5 Å². The van der Waals surface area contributed by atoms with Crippen LogP contribution >= 0.6 is 0 Å². The van der Waals surface area contributed by atoms with Crippen molar-refractivity contribution < 1.29 is 0 Å². The summed E-state index contributed by atoms with van der Waals surface area (Å²) in [5.41, 5.74) is 9.33. The van der Waals surface area contributed by atoms with E-state index in [1.165, 1.54) is 60.3 Å². The predicted molar refractivity (Wildman–Crippen MR) is 177 cm³/mol. The quantitative estimate of drug-likeness (QED) is 0.167. The zero-order valence-corrected chi connectivity index (χ0v) is 22.8. The summed E-state index contributed by atoms with van der Waals surface area (Å²) in [4.78, 5) is 9.89. The molecule has 0 aliphatic carbocycles. The number of fused-ring (bicyclic) bond motifs is 6. The summed E-state index contributed by atoms with van der Waals surface area (Å²) in [5.74, 6) is 0. The van der Waals surface area contributed by atoms with Crippen LogP contribution in [0.4, 0.5) is 0 Å². The number of hydrogen-bond acceptors (Lipinski definition) is 2. The molecule has 0 saturated heterocycles. The Bertz CT molecular complexity index is 2280. The first-order valence-corrected chi connectivity index (χ1v) is 14.4. The van der Waals surface area contributed by atoms with Crippen LogP contribution in [0.1, 0.15) is 0 Å². The molecule has 0 N–H and O–H groups in total. The van der Waals surface area contributed by atoms with Gasteiger partial charge < -0.3 is 0 Å². The molecule has 0 saturated carbocycles. The lowest BCUT2D eigenvalue weighted by Gasteiger charge is -2.26. The molecule has 42 heavy (non-hydrogen) atoms. The van der Waals surface area contributed by atoms with Crippen molar-refractivity contribution >= 4 is 54.1 Å². The lowest BCUT2D eigenvalue weighted by atomic mass is 9.77. The van der Waals surface area contributed by atoms with E-state index in [0.29, 0.717) is 0 Å². The van der Waals surface area contributed by atoms with Gasteiger partial charge in [-0.05, 0) is 54.9 Å². The third-order valence-electron chi connectivity index (χ3n) is 8.69. The Labute approximate surface area is 242 Å². The van der Waals surface area contributed by atoms with Crippen LogP contribution in [0.3, 0.4) is 0 Å². The summed E-state index contributed by atoms with van der Waals surface area (Å²) >= 11 is 0. The van der Waals surface area contributed by atoms with Crippen molar-refractivity contribution in [2.24, 2.45) is 0 Å². The fourth-order valence-electron chi connectivity index (χ4n) is 7.07. The number of rotatable bonds is 3. The maximum absolute atomic E-state index is 4.94. The van der Waals surface area contributed by atoms with Crippen molar-refractivity contribution in [1.82, 2.24) is 9.97 Å². The van der Waals surface area contributed by atoms with Gasteiger partial charge >= 0.3 is 0 Å². The molecule has 9 rings (SSSR count). The molecule has 0 fully saturated rings. The summed E-state index contributed by atoms with van der Waals surface area (Å²) in [6.45, 7) is 0. The summed E-state index contributed by atoms with van der Waals surface area (Å²) < 4.78 is 0. The van der Waals surface area contributed by atoms with Crippen LogP contribution in [-0.4, -0.2) is 9.97 Å². The number of nitrogens with zero attached hydrogens (tertiary/aromatic N) is 2. The van der Waals surface area contributed by atoms with Gasteiger partial charge in [-0.2, -0.15) is 0 Å². The number of aromatic nitrogens is 2. The fourth-order valence-corrected chi connectivity index (χ4v) is 7.07. The van der Waals surface area contributed by atoms with Crippen molar-refractivity contribution in [1.29, 1.82) is 0 Å². The van der Waals surface area contributed by atoms with E-state index in [1.807, 2.05) is 0 Å². The van der Waals surface area contributed by atoms with Gasteiger partial charge in [0.25, 0.3) is 0 Å². The summed E-state index contributed by atoms with van der Waals surface area (Å²) in [6, 6.07) is 50.1. The molecule has 1 heterocycles. The van der Waals surface area contributed by atoms with Crippen LogP contribution in [-0.2, 0) is 0 Å². The molecule has 9 aromatic rings. The number of hydrogen-bond donors (Lipinski definition) is 0. The highest BCUT2D eigenvalue weighted by molar-refractivity contribution is 6.43. The average Bonchev–Trinajstić information content (AvgIpc) is 3.08. The van der Waals surface area contributed by atoms with E-state index in [0.717, 1.165) is 27.2 Å². The Morgan fingerprint density at radius 1 is 0.286 bits per heavy atom. The van der Waals surface area contributed by atoms with E-state index >= 15 is 0 Å². The molecule has 8 aromatic carbocycles. The largest absolute Gasteiger partial charge is 0.236 e. The second-order valence-corrected chi connectivity index (χ2v) is 10.9. The fraction of sp³-hybridized carbons (Fsp3) is 0. The molecular weight excluding hydrogens is 508 g/mol. The third kappa shape index (κ3) is 3.15. The van der Waals surface area contributed by atoms with Crippen molar-refractivity contribution in [2.75, 3.05) is 0 Å². The number of benzene rings is 8. The molecule has 0 atom stereocenters. The Morgan fingerprint density at radius 3 is 1.07 bits per heavy atom. The Morgan fingerprint density at radius 2 is 0.643 bits per heavy atom. The molecule has 194 valence electrons. The van der Waals surface area contributed by atoms with Crippen LogP contribution in [0.15, 0.2) is 146 Å². The van der Waals surface area contributed by atoms with Crippen molar-refractivity contribution in [3.63, 3.8) is 0 Å². The van der Waals surface area contributed by atoms with Gasteiger partial charge in [-0.1, -0.05) is 140 Å². The van der Waals surface area contributed by atoms with E-state index in [9.17, 15) is 0 Å². The minimum absolute atomic E-state index is 1.00. The highest BCUT2D eigenvalue weighted by Gasteiger charge is 2.27. The second-order valence-electron chi connectivity index (χ2n) is 10.9.